The van der Waals surface area contributed by atoms with Gasteiger partial charge < -0.3 is 10.6 Å². The summed E-state index contributed by atoms with van der Waals surface area (Å²) in [6.45, 7) is 11.8. The molecule has 0 heterocycles. The first kappa shape index (κ1) is 16.8. The van der Waals surface area contributed by atoms with Crippen molar-refractivity contribution in [2.24, 2.45) is 0 Å². The normalized spacial score (nSPS) is 10.3. The van der Waals surface area contributed by atoms with E-state index in [1.54, 1.807) is 6.92 Å². The van der Waals surface area contributed by atoms with Gasteiger partial charge in [0.15, 0.2) is 0 Å². The van der Waals surface area contributed by atoms with E-state index in [4.69, 9.17) is 0 Å². The summed E-state index contributed by atoms with van der Waals surface area (Å²) in [7, 11) is 0. The Bertz CT molecular complexity index is 747. The van der Waals surface area contributed by atoms with E-state index in [9.17, 15) is 4.79 Å². The van der Waals surface area contributed by atoms with Crippen LogP contribution in [0, 0.1) is 20.8 Å². The molecule has 2 rings (SSSR count). The highest BCUT2D eigenvalue weighted by Gasteiger charge is 2.05. The highest BCUT2D eigenvalue weighted by Crippen LogP contribution is 2.19. The van der Waals surface area contributed by atoms with E-state index in [0.29, 0.717) is 12.2 Å². The topological polar surface area (TPSA) is 41.1 Å². The van der Waals surface area contributed by atoms with E-state index >= 15 is 0 Å². The number of anilines is 2. The van der Waals surface area contributed by atoms with Crippen molar-refractivity contribution >= 4 is 17.2 Å². The molecule has 2 aromatic rings. The highest BCUT2D eigenvalue weighted by atomic mass is 16.1. The molecule has 3 nitrogen and oxygen atoms in total. The third-order valence-electron chi connectivity index (χ3n) is 3.89. The van der Waals surface area contributed by atoms with Gasteiger partial charge in [0, 0.05) is 17.8 Å². The number of carbonyl (C=O) groups is 1. The number of aryl methyl sites for hydroxylation is 3. The molecule has 0 aliphatic carbocycles. The molecule has 0 spiro atoms. The van der Waals surface area contributed by atoms with E-state index in [0.717, 1.165) is 22.5 Å². The Hall–Kier alpha value is -2.55. The maximum absolute atomic E-state index is 11.3. The summed E-state index contributed by atoms with van der Waals surface area (Å²) in [4.78, 5) is 11.3. The van der Waals surface area contributed by atoms with E-state index in [1.165, 1.54) is 11.1 Å². The van der Waals surface area contributed by atoms with Gasteiger partial charge in [-0.3, -0.25) is 4.79 Å². The number of hydrogen-bond donors (Lipinski definition) is 2. The van der Waals surface area contributed by atoms with E-state index in [2.05, 4.69) is 43.2 Å². The first-order valence-corrected chi connectivity index (χ1v) is 7.74. The van der Waals surface area contributed by atoms with Crippen molar-refractivity contribution in [2.75, 3.05) is 10.6 Å². The number of carbonyl (C=O) groups excluding carboxylic acids is 1. The maximum atomic E-state index is 11.3. The molecular weight excluding hydrogens is 284 g/mol. The van der Waals surface area contributed by atoms with Crippen LogP contribution in [0.2, 0.25) is 0 Å². The molecule has 23 heavy (non-hydrogen) atoms. The van der Waals surface area contributed by atoms with Crippen molar-refractivity contribution in [1.29, 1.82) is 0 Å². The van der Waals surface area contributed by atoms with Crippen LogP contribution in [-0.4, -0.2) is 5.78 Å². The van der Waals surface area contributed by atoms with Crippen LogP contribution in [0.25, 0.3) is 0 Å². The van der Waals surface area contributed by atoms with Gasteiger partial charge >= 0.3 is 0 Å². The van der Waals surface area contributed by atoms with Crippen LogP contribution in [0.15, 0.2) is 48.8 Å². The summed E-state index contributed by atoms with van der Waals surface area (Å²) in [5.41, 5.74) is 6.60. The minimum Gasteiger partial charge on any atom is -0.342 e. The Kier molecular flexibility index (Phi) is 5.22. The summed E-state index contributed by atoms with van der Waals surface area (Å²) >= 11 is 0. The molecule has 2 aromatic carbocycles. The minimum atomic E-state index is 0.164. The second kappa shape index (κ2) is 7.14. The van der Waals surface area contributed by atoms with Gasteiger partial charge in [-0.15, -0.1) is 0 Å². The Morgan fingerprint density at radius 1 is 0.913 bits per heavy atom. The molecule has 3 heteroatoms. The van der Waals surface area contributed by atoms with E-state index < -0.39 is 0 Å². The number of ketones is 1. The van der Waals surface area contributed by atoms with Crippen molar-refractivity contribution in [3.05, 3.63) is 71.1 Å². The summed E-state index contributed by atoms with van der Waals surface area (Å²) in [5, 5.41) is 6.51. The Morgan fingerprint density at radius 3 is 2.04 bits per heavy atom. The smallest absolute Gasteiger partial charge is 0.134 e. The fourth-order valence-corrected chi connectivity index (χ4v) is 2.41. The molecule has 0 aromatic heterocycles. The zero-order valence-electron chi connectivity index (χ0n) is 14.3. The van der Waals surface area contributed by atoms with Gasteiger partial charge in [0.1, 0.15) is 11.6 Å². The zero-order chi connectivity index (χ0) is 17.0. The van der Waals surface area contributed by atoms with Crippen LogP contribution in [0.3, 0.4) is 0 Å². The lowest BCUT2D eigenvalue weighted by atomic mass is 10.0. The molecule has 0 saturated heterocycles. The zero-order valence-corrected chi connectivity index (χ0v) is 14.3. The van der Waals surface area contributed by atoms with Crippen molar-refractivity contribution in [3.8, 4) is 0 Å². The van der Waals surface area contributed by atoms with Crippen LogP contribution in [0.4, 0.5) is 11.4 Å². The summed E-state index contributed by atoms with van der Waals surface area (Å²) in [6.07, 6.45) is 0.457. The van der Waals surface area contributed by atoms with E-state index in [1.807, 2.05) is 31.2 Å². The summed E-state index contributed by atoms with van der Waals surface area (Å²) in [5.74, 6) is 0.864. The lowest BCUT2D eigenvalue weighted by Crippen LogP contribution is -2.09. The van der Waals surface area contributed by atoms with Crippen LogP contribution >= 0.6 is 0 Å². The molecule has 0 unspecified atom stereocenters. The molecule has 0 bridgehead atoms. The van der Waals surface area contributed by atoms with Crippen LogP contribution in [0.5, 0.6) is 0 Å². The quantitative estimate of drug-likeness (QED) is 0.810. The molecule has 0 atom stereocenters. The number of hydrogen-bond acceptors (Lipinski definition) is 3. The minimum absolute atomic E-state index is 0.164. The molecule has 0 saturated carbocycles. The lowest BCUT2D eigenvalue weighted by Gasteiger charge is -2.15. The van der Waals surface area contributed by atoms with Gasteiger partial charge in [-0.1, -0.05) is 18.7 Å². The van der Waals surface area contributed by atoms with Gasteiger partial charge in [0.25, 0.3) is 0 Å². The third kappa shape index (κ3) is 4.71. The molecule has 0 amide bonds. The molecule has 0 aliphatic heterocycles. The largest absolute Gasteiger partial charge is 0.342 e. The van der Waals surface area contributed by atoms with Gasteiger partial charge in [0.2, 0.25) is 0 Å². The Balaban J connectivity index is 2.07. The molecule has 0 aliphatic rings. The highest BCUT2D eigenvalue weighted by molar-refractivity contribution is 5.79. The SMILES string of the molecule is C=C(Nc1ccc(C)c(C)c1)Nc1ccc(C)c(CC(C)=O)c1. The molecule has 120 valence electrons. The maximum Gasteiger partial charge on any atom is 0.134 e. The predicted octanol–water partition coefficient (Wildman–Crippen LogP) is 4.74. The predicted molar refractivity (Wildman–Crippen MR) is 97.9 cm³/mol. The summed E-state index contributed by atoms with van der Waals surface area (Å²) in [6, 6.07) is 12.2. The second-order valence-electron chi connectivity index (χ2n) is 6.05. The van der Waals surface area contributed by atoms with Crippen molar-refractivity contribution < 1.29 is 4.79 Å². The second-order valence-corrected chi connectivity index (χ2v) is 6.05. The molecular formula is C20H24N2O. The third-order valence-corrected chi connectivity index (χ3v) is 3.89. The fourth-order valence-electron chi connectivity index (χ4n) is 2.41. The van der Waals surface area contributed by atoms with Crippen LogP contribution < -0.4 is 10.6 Å². The molecule has 0 fully saturated rings. The van der Waals surface area contributed by atoms with Crippen molar-refractivity contribution in [3.63, 3.8) is 0 Å². The molecule has 2 N–H and O–H groups in total. The van der Waals surface area contributed by atoms with Gasteiger partial charge in [-0.05, 0) is 74.2 Å². The Labute approximate surface area is 138 Å². The van der Waals surface area contributed by atoms with Gasteiger partial charge in [-0.2, -0.15) is 0 Å². The summed E-state index contributed by atoms with van der Waals surface area (Å²) < 4.78 is 0. The fraction of sp³-hybridized carbons (Fsp3) is 0.250. The van der Waals surface area contributed by atoms with Crippen LogP contribution in [0.1, 0.15) is 29.2 Å². The number of benzene rings is 2. The first-order chi connectivity index (χ1) is 10.8. The molecule has 0 radical (unpaired) electrons. The van der Waals surface area contributed by atoms with Gasteiger partial charge in [0.05, 0.1) is 0 Å². The van der Waals surface area contributed by atoms with Crippen molar-refractivity contribution in [1.82, 2.24) is 0 Å². The standard InChI is InChI=1S/C20H24N2O/c1-13-6-8-19(10-15(13)3)21-17(5)22-20-9-7-14(2)18(12-20)11-16(4)23/h6-10,12,21-22H,5,11H2,1-4H3. The average Bonchev–Trinajstić information content (AvgIpc) is 2.46. The number of Topliss-reactive ketones (excluding diaryl/α,β-unsaturated/α-hetero) is 1. The average molecular weight is 308 g/mol. The van der Waals surface area contributed by atoms with Crippen molar-refractivity contribution in [2.45, 2.75) is 34.1 Å². The number of rotatable bonds is 6. The first-order valence-electron chi connectivity index (χ1n) is 7.74. The Morgan fingerprint density at radius 2 is 1.48 bits per heavy atom. The lowest BCUT2D eigenvalue weighted by molar-refractivity contribution is -0.116. The number of nitrogens with one attached hydrogen (secondary N) is 2. The van der Waals surface area contributed by atoms with E-state index in [-0.39, 0.29) is 5.78 Å². The van der Waals surface area contributed by atoms with Crippen LogP contribution in [-0.2, 0) is 11.2 Å². The van der Waals surface area contributed by atoms with Gasteiger partial charge in [-0.25, -0.2) is 0 Å². The monoisotopic (exact) mass is 308 g/mol.